The Hall–Kier alpha value is 0.390. The number of alkyl halides is 1. The zero-order chi connectivity index (χ0) is 10.8. The molecule has 0 aliphatic heterocycles. The fraction of sp³-hybridized carbons (Fsp3) is 0.667. The molecular weight excluding hydrogens is 317 g/mol. The van der Waals surface area contributed by atoms with Gasteiger partial charge in [0.1, 0.15) is 0 Å². The Morgan fingerprint density at radius 2 is 2.00 bits per heavy atom. The summed E-state index contributed by atoms with van der Waals surface area (Å²) in [5, 5.41) is 5.66. The van der Waals surface area contributed by atoms with Gasteiger partial charge in [-0.15, -0.1) is 11.3 Å². The van der Waals surface area contributed by atoms with E-state index in [9.17, 15) is 0 Å². The van der Waals surface area contributed by atoms with Crippen molar-refractivity contribution in [1.29, 1.82) is 0 Å². The first-order valence-corrected chi connectivity index (χ1v) is 8.13. The molecule has 1 heterocycles. The van der Waals surface area contributed by atoms with Crippen LogP contribution >= 0.6 is 33.9 Å². The van der Waals surface area contributed by atoms with E-state index in [2.05, 4.69) is 45.4 Å². The maximum absolute atomic E-state index is 3.51. The maximum Gasteiger partial charge on any atom is 0.00578 e. The lowest BCUT2D eigenvalue weighted by Crippen LogP contribution is -2.18. The molecule has 1 nitrogen and oxygen atoms in total. The Kier molecular flexibility index (Phi) is 8.62. The number of rotatable bonds is 9. The van der Waals surface area contributed by atoms with E-state index in [4.69, 9.17) is 0 Å². The number of thiophene rings is 1. The first kappa shape index (κ1) is 13.5. The van der Waals surface area contributed by atoms with Crippen molar-refractivity contribution in [2.45, 2.75) is 32.1 Å². The lowest BCUT2D eigenvalue weighted by molar-refractivity contribution is 0.602. The second-order valence-electron chi connectivity index (χ2n) is 3.68. The number of nitrogens with one attached hydrogen (secondary N) is 1. The Morgan fingerprint density at radius 3 is 2.73 bits per heavy atom. The van der Waals surface area contributed by atoms with Gasteiger partial charge in [-0.25, -0.2) is 0 Å². The Morgan fingerprint density at radius 1 is 1.13 bits per heavy atom. The fourth-order valence-electron chi connectivity index (χ4n) is 1.49. The molecule has 1 N–H and O–H groups in total. The number of hydrogen-bond donors (Lipinski definition) is 1. The average Bonchev–Trinajstić information content (AvgIpc) is 2.75. The minimum absolute atomic E-state index is 1.13. The summed E-state index contributed by atoms with van der Waals surface area (Å²) in [6.45, 7) is 2.32. The van der Waals surface area contributed by atoms with Crippen LogP contribution in [0.1, 0.15) is 30.6 Å². The molecule has 0 atom stereocenters. The third kappa shape index (κ3) is 7.30. The van der Waals surface area contributed by atoms with Gasteiger partial charge in [-0.3, -0.25) is 0 Å². The van der Waals surface area contributed by atoms with E-state index in [-0.39, 0.29) is 0 Å². The van der Waals surface area contributed by atoms with Gasteiger partial charge in [0.05, 0.1) is 0 Å². The molecule has 1 rings (SSSR count). The summed E-state index contributed by atoms with van der Waals surface area (Å²) in [6, 6.07) is 4.34. The van der Waals surface area contributed by atoms with E-state index < -0.39 is 0 Å². The summed E-state index contributed by atoms with van der Waals surface area (Å²) in [7, 11) is 0. The largest absolute Gasteiger partial charge is 0.316 e. The summed E-state index contributed by atoms with van der Waals surface area (Å²) < 4.78 is 1.31. The predicted octanol–water partition coefficient (Wildman–Crippen LogP) is 3.88. The van der Waals surface area contributed by atoms with Crippen molar-refractivity contribution in [3.63, 3.8) is 0 Å². The lowest BCUT2D eigenvalue weighted by Gasteiger charge is -2.03. The molecule has 3 heteroatoms. The standard InChI is InChI=1S/C12H20INS/c13-8-3-1-2-4-9-14-10-7-12-6-5-11-15-12/h5-6,11,14H,1-4,7-10H2. The Labute approximate surface area is 111 Å². The van der Waals surface area contributed by atoms with Crippen LogP contribution in [0.3, 0.4) is 0 Å². The van der Waals surface area contributed by atoms with Crippen molar-refractivity contribution in [1.82, 2.24) is 5.32 Å². The van der Waals surface area contributed by atoms with Gasteiger partial charge >= 0.3 is 0 Å². The summed E-state index contributed by atoms with van der Waals surface area (Å²) in [5.41, 5.74) is 0. The van der Waals surface area contributed by atoms with Gasteiger partial charge in [0.15, 0.2) is 0 Å². The molecule has 0 bridgehead atoms. The molecule has 0 saturated heterocycles. The molecule has 0 unspecified atom stereocenters. The van der Waals surface area contributed by atoms with Crippen LogP contribution in [0.5, 0.6) is 0 Å². The molecule has 0 amide bonds. The van der Waals surface area contributed by atoms with Crippen LogP contribution in [-0.2, 0) is 6.42 Å². The van der Waals surface area contributed by atoms with Gasteiger partial charge in [0.2, 0.25) is 0 Å². The zero-order valence-corrected chi connectivity index (χ0v) is 12.1. The second kappa shape index (κ2) is 9.60. The van der Waals surface area contributed by atoms with Crippen LogP contribution in [0.15, 0.2) is 17.5 Å². The highest BCUT2D eigenvalue weighted by molar-refractivity contribution is 14.1. The van der Waals surface area contributed by atoms with Gasteiger partial charge in [0, 0.05) is 4.88 Å². The highest BCUT2D eigenvalue weighted by Gasteiger charge is 1.93. The summed E-state index contributed by atoms with van der Waals surface area (Å²) in [5.74, 6) is 0. The molecule has 0 aliphatic carbocycles. The molecule has 0 spiro atoms. The van der Waals surface area contributed by atoms with Crippen molar-refractivity contribution in [3.05, 3.63) is 22.4 Å². The normalized spacial score (nSPS) is 10.7. The van der Waals surface area contributed by atoms with Crippen LogP contribution in [0.25, 0.3) is 0 Å². The highest BCUT2D eigenvalue weighted by Crippen LogP contribution is 2.08. The molecule has 0 saturated carbocycles. The van der Waals surface area contributed by atoms with Crippen LogP contribution in [0.4, 0.5) is 0 Å². The topological polar surface area (TPSA) is 12.0 Å². The van der Waals surface area contributed by atoms with Crippen molar-refractivity contribution in [2.75, 3.05) is 17.5 Å². The number of unbranched alkanes of at least 4 members (excludes halogenated alkanes) is 3. The van der Waals surface area contributed by atoms with E-state index in [1.54, 1.807) is 0 Å². The van der Waals surface area contributed by atoms with Gasteiger partial charge in [-0.1, -0.05) is 41.5 Å². The maximum atomic E-state index is 3.51. The zero-order valence-electron chi connectivity index (χ0n) is 9.18. The highest BCUT2D eigenvalue weighted by atomic mass is 127. The first-order valence-electron chi connectivity index (χ1n) is 5.72. The quantitative estimate of drug-likeness (QED) is 0.410. The smallest absolute Gasteiger partial charge is 0.00578 e. The minimum Gasteiger partial charge on any atom is -0.316 e. The molecule has 86 valence electrons. The fourth-order valence-corrected chi connectivity index (χ4v) is 2.74. The van der Waals surface area contributed by atoms with Crippen LogP contribution in [0, 0.1) is 0 Å². The Balaban J connectivity index is 1.81. The molecule has 15 heavy (non-hydrogen) atoms. The monoisotopic (exact) mass is 337 g/mol. The van der Waals surface area contributed by atoms with E-state index in [1.807, 2.05) is 11.3 Å². The SMILES string of the molecule is ICCCCCCNCCc1cccs1. The molecule has 0 aliphatic rings. The van der Waals surface area contributed by atoms with Crippen LogP contribution in [-0.4, -0.2) is 17.5 Å². The summed E-state index contributed by atoms with van der Waals surface area (Å²) in [6.07, 6.45) is 6.69. The van der Waals surface area contributed by atoms with Crippen LogP contribution < -0.4 is 5.32 Å². The van der Waals surface area contributed by atoms with Gasteiger partial charge in [0.25, 0.3) is 0 Å². The third-order valence-electron chi connectivity index (χ3n) is 2.37. The summed E-state index contributed by atoms with van der Waals surface area (Å²) >= 11 is 4.31. The summed E-state index contributed by atoms with van der Waals surface area (Å²) in [4.78, 5) is 1.49. The number of hydrogen-bond acceptors (Lipinski definition) is 2. The van der Waals surface area contributed by atoms with Crippen LogP contribution in [0.2, 0.25) is 0 Å². The van der Waals surface area contributed by atoms with Crippen molar-refractivity contribution in [3.8, 4) is 0 Å². The minimum atomic E-state index is 1.13. The van der Waals surface area contributed by atoms with E-state index in [0.717, 1.165) is 6.54 Å². The Bertz CT molecular complexity index is 224. The lowest BCUT2D eigenvalue weighted by atomic mass is 10.2. The molecule has 1 aromatic rings. The van der Waals surface area contributed by atoms with Crippen molar-refractivity contribution < 1.29 is 0 Å². The second-order valence-corrected chi connectivity index (χ2v) is 5.79. The molecular formula is C12H20INS. The van der Waals surface area contributed by atoms with E-state index >= 15 is 0 Å². The first-order chi connectivity index (χ1) is 7.43. The molecule has 0 radical (unpaired) electrons. The predicted molar refractivity (Wildman–Crippen MR) is 78.2 cm³/mol. The van der Waals surface area contributed by atoms with Crippen molar-refractivity contribution >= 4 is 33.9 Å². The van der Waals surface area contributed by atoms with Crippen molar-refractivity contribution in [2.24, 2.45) is 0 Å². The van der Waals surface area contributed by atoms with Gasteiger partial charge in [-0.2, -0.15) is 0 Å². The molecule has 0 fully saturated rings. The van der Waals surface area contributed by atoms with E-state index in [1.165, 1.54) is 48.0 Å². The molecule has 1 aromatic heterocycles. The van der Waals surface area contributed by atoms with Gasteiger partial charge in [-0.05, 0) is 48.2 Å². The third-order valence-corrected chi connectivity index (χ3v) is 4.06. The van der Waals surface area contributed by atoms with E-state index in [0.29, 0.717) is 0 Å². The molecule has 0 aromatic carbocycles. The van der Waals surface area contributed by atoms with Gasteiger partial charge < -0.3 is 5.32 Å². The number of halogens is 1. The average molecular weight is 337 g/mol.